The fourth-order valence-corrected chi connectivity index (χ4v) is 4.17. The van der Waals surface area contributed by atoms with Crippen molar-refractivity contribution >= 4 is 16.0 Å². The molecule has 1 aromatic heterocycles. The lowest BCUT2D eigenvalue weighted by Crippen LogP contribution is -2.30. The van der Waals surface area contributed by atoms with Gasteiger partial charge in [0.1, 0.15) is 5.82 Å². The van der Waals surface area contributed by atoms with Gasteiger partial charge in [0.15, 0.2) is 6.61 Å². The predicted octanol–water partition coefficient (Wildman–Crippen LogP) is 3.26. The molecule has 0 spiro atoms. The number of carbonyl (C=O) groups is 1. The fourth-order valence-electron chi connectivity index (χ4n) is 2.72. The van der Waals surface area contributed by atoms with Crippen LogP contribution in [0.2, 0.25) is 0 Å². The first-order valence-electron chi connectivity index (χ1n) is 9.21. The van der Waals surface area contributed by atoms with Crippen LogP contribution >= 0.6 is 0 Å². The maximum Gasteiger partial charge on any atom is 0.338 e. The van der Waals surface area contributed by atoms with Gasteiger partial charge in [0.2, 0.25) is 15.8 Å². The zero-order valence-electron chi connectivity index (χ0n) is 16.4. The van der Waals surface area contributed by atoms with Crippen molar-refractivity contribution in [1.82, 2.24) is 14.4 Å². The molecule has 30 heavy (non-hydrogen) atoms. The summed E-state index contributed by atoms with van der Waals surface area (Å²) in [4.78, 5) is 16.4. The van der Waals surface area contributed by atoms with E-state index in [1.807, 2.05) is 0 Å². The highest BCUT2D eigenvalue weighted by Crippen LogP contribution is 2.18. The number of hydrogen-bond donors (Lipinski definition) is 0. The van der Waals surface area contributed by atoms with Gasteiger partial charge in [-0.05, 0) is 48.5 Å². The van der Waals surface area contributed by atoms with Crippen LogP contribution in [0.3, 0.4) is 0 Å². The molecule has 3 aromatic rings. The first kappa shape index (κ1) is 21.6. The molecule has 1 heterocycles. The Balaban J connectivity index is 1.64. The lowest BCUT2D eigenvalue weighted by Gasteiger charge is -2.18. The quantitative estimate of drug-likeness (QED) is 0.502. The van der Waals surface area contributed by atoms with Gasteiger partial charge in [0.25, 0.3) is 5.89 Å². The van der Waals surface area contributed by atoms with E-state index in [1.54, 1.807) is 13.8 Å². The van der Waals surface area contributed by atoms with E-state index >= 15 is 0 Å². The number of hydrogen-bond acceptors (Lipinski definition) is 7. The molecular weight excluding hydrogens is 413 g/mol. The van der Waals surface area contributed by atoms with Crippen LogP contribution in [0.1, 0.15) is 30.1 Å². The van der Waals surface area contributed by atoms with Crippen molar-refractivity contribution in [1.29, 1.82) is 0 Å². The van der Waals surface area contributed by atoms with E-state index in [2.05, 4.69) is 10.1 Å². The summed E-state index contributed by atoms with van der Waals surface area (Å²) < 4.78 is 49.5. The Labute approximate surface area is 173 Å². The van der Waals surface area contributed by atoms with Gasteiger partial charge in [-0.1, -0.05) is 19.0 Å². The molecule has 0 atom stereocenters. The predicted molar refractivity (Wildman–Crippen MR) is 105 cm³/mol. The molecule has 0 amide bonds. The second-order valence-electron chi connectivity index (χ2n) is 6.21. The first-order chi connectivity index (χ1) is 14.3. The molecule has 0 aliphatic carbocycles. The molecule has 0 aliphatic heterocycles. The van der Waals surface area contributed by atoms with Crippen molar-refractivity contribution in [3.8, 4) is 11.4 Å². The highest BCUT2D eigenvalue weighted by Gasteiger charge is 2.22. The monoisotopic (exact) mass is 433 g/mol. The summed E-state index contributed by atoms with van der Waals surface area (Å²) in [5, 5.41) is 3.77. The first-order valence-corrected chi connectivity index (χ1v) is 10.6. The summed E-state index contributed by atoms with van der Waals surface area (Å²) in [5.74, 6) is -0.731. The van der Waals surface area contributed by atoms with Gasteiger partial charge in [-0.25, -0.2) is 17.6 Å². The maximum absolute atomic E-state index is 13.0. The van der Waals surface area contributed by atoms with E-state index in [-0.39, 0.29) is 34.6 Å². The third-order valence-corrected chi connectivity index (χ3v) is 6.39. The minimum absolute atomic E-state index is 0.0726. The minimum atomic E-state index is -3.60. The summed E-state index contributed by atoms with van der Waals surface area (Å²) in [6.07, 6.45) is 0. The average molecular weight is 433 g/mol. The third-order valence-electron chi connectivity index (χ3n) is 4.33. The molecule has 0 saturated heterocycles. The molecule has 10 heteroatoms. The topological polar surface area (TPSA) is 103 Å². The maximum atomic E-state index is 13.0. The van der Waals surface area contributed by atoms with E-state index < -0.39 is 16.0 Å². The van der Waals surface area contributed by atoms with Gasteiger partial charge in [-0.2, -0.15) is 9.29 Å². The number of aromatic nitrogens is 2. The van der Waals surface area contributed by atoms with E-state index in [1.165, 1.54) is 52.8 Å². The summed E-state index contributed by atoms with van der Waals surface area (Å²) in [6, 6.07) is 11.1. The van der Waals surface area contributed by atoms with Crippen LogP contribution in [0, 0.1) is 5.82 Å². The van der Waals surface area contributed by atoms with Crippen LogP contribution in [0.4, 0.5) is 4.39 Å². The van der Waals surface area contributed by atoms with Crippen LogP contribution in [0.25, 0.3) is 11.4 Å². The van der Waals surface area contributed by atoms with Gasteiger partial charge in [-0.3, -0.25) is 0 Å². The van der Waals surface area contributed by atoms with Gasteiger partial charge in [0.05, 0.1) is 10.5 Å². The van der Waals surface area contributed by atoms with Crippen LogP contribution in [0.5, 0.6) is 0 Å². The number of carbonyl (C=O) groups excluding carboxylic acids is 1. The van der Waals surface area contributed by atoms with Crippen LogP contribution in [-0.4, -0.2) is 41.9 Å². The smallest absolute Gasteiger partial charge is 0.338 e. The number of sulfonamides is 1. The van der Waals surface area contributed by atoms with Crippen molar-refractivity contribution in [2.24, 2.45) is 0 Å². The highest BCUT2D eigenvalue weighted by molar-refractivity contribution is 7.89. The van der Waals surface area contributed by atoms with E-state index in [4.69, 9.17) is 9.26 Å². The Kier molecular flexibility index (Phi) is 6.58. The van der Waals surface area contributed by atoms with Crippen molar-refractivity contribution in [3.63, 3.8) is 0 Å². The summed E-state index contributed by atoms with van der Waals surface area (Å²) in [5.41, 5.74) is 0.745. The molecule has 158 valence electrons. The second kappa shape index (κ2) is 9.14. The standard InChI is InChI=1S/C20H20FN3O5S/c1-3-24(4-2)30(26,27)17-11-7-15(8-12-17)20(25)28-13-18-22-19(23-29-18)14-5-9-16(21)10-6-14/h5-12H,3-4,13H2,1-2H3. The molecule has 3 rings (SSSR count). The summed E-state index contributed by atoms with van der Waals surface area (Å²) in [7, 11) is -3.60. The Bertz CT molecular complexity index is 1110. The van der Waals surface area contributed by atoms with Gasteiger partial charge in [0, 0.05) is 18.7 Å². The summed E-state index contributed by atoms with van der Waals surface area (Å²) >= 11 is 0. The Hall–Kier alpha value is -3.11. The third kappa shape index (κ3) is 4.71. The van der Waals surface area contributed by atoms with Gasteiger partial charge >= 0.3 is 5.97 Å². The molecule has 0 radical (unpaired) electrons. The molecule has 0 N–H and O–H groups in total. The lowest BCUT2D eigenvalue weighted by molar-refractivity contribution is 0.0429. The zero-order valence-corrected chi connectivity index (χ0v) is 17.2. The van der Waals surface area contributed by atoms with Crippen molar-refractivity contribution in [2.75, 3.05) is 13.1 Å². The molecule has 0 aliphatic rings. The molecular formula is C20H20FN3O5S. The van der Waals surface area contributed by atoms with Gasteiger partial charge in [-0.15, -0.1) is 0 Å². The number of ether oxygens (including phenoxy) is 1. The van der Waals surface area contributed by atoms with Crippen LogP contribution in [0.15, 0.2) is 57.9 Å². The SMILES string of the molecule is CCN(CC)S(=O)(=O)c1ccc(C(=O)OCc2nc(-c3ccc(F)cc3)no2)cc1. The zero-order chi connectivity index (χ0) is 21.7. The van der Waals surface area contributed by atoms with Crippen molar-refractivity contribution in [3.05, 3.63) is 65.8 Å². The van der Waals surface area contributed by atoms with E-state index in [0.717, 1.165) is 0 Å². The second-order valence-corrected chi connectivity index (χ2v) is 8.15. The molecule has 0 bridgehead atoms. The highest BCUT2D eigenvalue weighted by atomic mass is 32.2. The number of esters is 1. The summed E-state index contributed by atoms with van der Waals surface area (Å²) in [6.45, 7) is 3.96. The fraction of sp³-hybridized carbons (Fsp3) is 0.250. The van der Waals surface area contributed by atoms with Gasteiger partial charge < -0.3 is 9.26 Å². The molecule has 0 saturated carbocycles. The molecule has 2 aromatic carbocycles. The molecule has 0 fully saturated rings. The number of benzene rings is 2. The molecule has 0 unspecified atom stereocenters. The van der Waals surface area contributed by atoms with E-state index in [0.29, 0.717) is 18.7 Å². The largest absolute Gasteiger partial charge is 0.452 e. The minimum Gasteiger partial charge on any atom is -0.452 e. The number of halogens is 1. The molecule has 8 nitrogen and oxygen atoms in total. The van der Waals surface area contributed by atoms with Crippen molar-refractivity contribution < 1.29 is 26.9 Å². The van der Waals surface area contributed by atoms with Crippen molar-refractivity contribution in [2.45, 2.75) is 25.3 Å². The normalized spacial score (nSPS) is 11.6. The Morgan fingerprint density at radius 3 is 2.30 bits per heavy atom. The lowest BCUT2D eigenvalue weighted by atomic mass is 10.2. The average Bonchev–Trinajstić information content (AvgIpc) is 3.22. The van der Waals surface area contributed by atoms with Crippen LogP contribution in [-0.2, 0) is 21.4 Å². The Morgan fingerprint density at radius 1 is 1.07 bits per heavy atom. The van der Waals surface area contributed by atoms with E-state index in [9.17, 15) is 17.6 Å². The number of rotatable bonds is 8. The number of nitrogens with zero attached hydrogens (tertiary/aromatic N) is 3. The van der Waals surface area contributed by atoms with Crippen LogP contribution < -0.4 is 0 Å². The Morgan fingerprint density at radius 2 is 1.70 bits per heavy atom.